The third kappa shape index (κ3) is 6.25. The molecule has 224 valence electrons. The first kappa shape index (κ1) is 29.8. The van der Waals surface area contributed by atoms with Crippen LogP contribution in [0.1, 0.15) is 30.9 Å². The Morgan fingerprint density at radius 1 is 1.26 bits per heavy atom. The highest BCUT2D eigenvalue weighted by molar-refractivity contribution is 7.22. The number of carbonyl (C=O) groups excluding carboxylic acids is 4. The summed E-state index contributed by atoms with van der Waals surface area (Å²) in [6.07, 6.45) is 7.61. The molecule has 4 N–H and O–H groups in total. The van der Waals surface area contributed by atoms with Crippen molar-refractivity contribution in [1.82, 2.24) is 30.1 Å². The van der Waals surface area contributed by atoms with Crippen molar-refractivity contribution in [1.29, 1.82) is 0 Å². The first-order chi connectivity index (χ1) is 20.8. The summed E-state index contributed by atoms with van der Waals surface area (Å²) in [4.78, 5) is 59.6. The molecule has 2 saturated heterocycles. The number of nitrogens with one attached hydrogen (secondary N) is 2. The Kier molecular flexibility index (Phi) is 9.08. The van der Waals surface area contributed by atoms with Gasteiger partial charge in [0.15, 0.2) is 5.13 Å². The van der Waals surface area contributed by atoms with Crippen molar-refractivity contribution in [3.63, 3.8) is 0 Å². The van der Waals surface area contributed by atoms with Gasteiger partial charge in [-0.15, -0.1) is 6.42 Å². The van der Waals surface area contributed by atoms with Gasteiger partial charge in [0.1, 0.15) is 12.2 Å². The van der Waals surface area contributed by atoms with Gasteiger partial charge in [0.2, 0.25) is 18.2 Å². The van der Waals surface area contributed by atoms with Crippen molar-refractivity contribution >= 4 is 56.6 Å². The van der Waals surface area contributed by atoms with Crippen LogP contribution in [0.25, 0.3) is 10.2 Å². The number of nitrogens with two attached hydrogens (primary N) is 1. The Hall–Kier alpha value is -4.67. The second-order valence-corrected chi connectivity index (χ2v) is 11.5. The first-order valence-electron chi connectivity index (χ1n) is 14.1. The zero-order chi connectivity index (χ0) is 30.5. The quantitative estimate of drug-likeness (QED) is 0.173. The van der Waals surface area contributed by atoms with Crippen LogP contribution in [-0.2, 0) is 27.3 Å². The Labute approximate surface area is 253 Å². The number of thiazole rings is 1. The number of amides is 5. The lowest BCUT2D eigenvalue weighted by Crippen LogP contribution is -2.66. The van der Waals surface area contributed by atoms with E-state index in [1.807, 2.05) is 37.3 Å². The van der Waals surface area contributed by atoms with Crippen LogP contribution in [0.3, 0.4) is 0 Å². The standard InChI is InChI=1S/C30H34N8O4S/c1-3-5-13-32-30(42)36(14-4-2)37-18-26(40)38-23(15-20-9-11-22(12-10-20)33-19-39)28(41)35(17-25(37)38)16-21-7-6-8-24-27(21)34-29(31)43-24/h2,6-12,19,23,25H,3,5,13-18H2,1H3,(H2,31,34)(H,32,42)(H,33,39)/t23-,25+/m0/s1. The average Bonchev–Trinajstić information content (AvgIpc) is 3.54. The summed E-state index contributed by atoms with van der Waals surface area (Å²) in [5.41, 5.74) is 8.99. The van der Waals surface area contributed by atoms with Gasteiger partial charge in [-0.05, 0) is 35.7 Å². The largest absolute Gasteiger partial charge is 0.375 e. The number of unbranched alkanes of at least 4 members (excludes halogenated alkanes) is 1. The number of nitrogens with zero attached hydrogens (tertiary/aromatic N) is 5. The Bertz CT molecular complexity index is 1550. The van der Waals surface area contributed by atoms with E-state index in [1.165, 1.54) is 16.3 Å². The molecular formula is C30H34N8O4S. The summed E-state index contributed by atoms with van der Waals surface area (Å²) in [5.74, 6) is 2.06. The summed E-state index contributed by atoms with van der Waals surface area (Å²) in [7, 11) is 0. The number of piperazine rings is 1. The average molecular weight is 603 g/mol. The van der Waals surface area contributed by atoms with Crippen LogP contribution in [0.2, 0.25) is 0 Å². The highest BCUT2D eigenvalue weighted by Gasteiger charge is 2.52. The molecule has 3 aromatic rings. The fourth-order valence-corrected chi connectivity index (χ4v) is 6.39. The number of benzene rings is 2. The number of urea groups is 1. The number of anilines is 2. The highest BCUT2D eigenvalue weighted by Crippen LogP contribution is 2.32. The van der Waals surface area contributed by atoms with Gasteiger partial charge in [0.05, 0.1) is 29.9 Å². The molecule has 12 nitrogen and oxygen atoms in total. The number of hydrazine groups is 1. The normalized spacial score (nSPS) is 18.4. The lowest BCUT2D eigenvalue weighted by atomic mass is 9.99. The first-order valence-corrected chi connectivity index (χ1v) is 14.9. The van der Waals surface area contributed by atoms with Gasteiger partial charge in [0.25, 0.3) is 0 Å². The van der Waals surface area contributed by atoms with Crippen molar-refractivity contribution in [2.24, 2.45) is 0 Å². The van der Waals surface area contributed by atoms with E-state index in [1.54, 1.807) is 26.9 Å². The molecule has 3 heterocycles. The Morgan fingerprint density at radius 3 is 2.77 bits per heavy atom. The number of hydrogen-bond donors (Lipinski definition) is 3. The van der Waals surface area contributed by atoms with Crippen LogP contribution < -0.4 is 16.4 Å². The smallest absolute Gasteiger partial charge is 0.332 e. The molecular weight excluding hydrogens is 568 g/mol. The summed E-state index contributed by atoms with van der Waals surface area (Å²) < 4.78 is 0.920. The predicted molar refractivity (Wildman–Crippen MR) is 164 cm³/mol. The molecule has 2 aromatic carbocycles. The van der Waals surface area contributed by atoms with E-state index in [2.05, 4.69) is 21.5 Å². The van der Waals surface area contributed by atoms with Crippen LogP contribution in [0.5, 0.6) is 0 Å². The third-order valence-electron chi connectivity index (χ3n) is 7.65. The number of hydrogen-bond acceptors (Lipinski definition) is 8. The second kappa shape index (κ2) is 13.1. The van der Waals surface area contributed by atoms with Crippen LogP contribution in [-0.4, -0.2) is 87.4 Å². The van der Waals surface area contributed by atoms with Gasteiger partial charge in [0, 0.05) is 25.2 Å². The Balaban J connectivity index is 1.48. The van der Waals surface area contributed by atoms with Crippen LogP contribution in [0, 0.1) is 12.3 Å². The van der Waals surface area contributed by atoms with E-state index >= 15 is 0 Å². The molecule has 2 aliphatic heterocycles. The number of para-hydroxylation sites is 1. The maximum absolute atomic E-state index is 14.1. The van der Waals surface area contributed by atoms with Gasteiger partial charge in [-0.25, -0.2) is 14.8 Å². The molecule has 2 fully saturated rings. The van der Waals surface area contributed by atoms with E-state index in [4.69, 9.17) is 12.2 Å². The molecule has 1 aromatic heterocycles. The number of nitrogen functional groups attached to an aromatic ring is 1. The molecule has 5 rings (SSSR count). The zero-order valence-corrected chi connectivity index (χ0v) is 24.7. The van der Waals surface area contributed by atoms with Gasteiger partial charge < -0.3 is 26.2 Å². The highest BCUT2D eigenvalue weighted by atomic mass is 32.1. The second-order valence-electron chi connectivity index (χ2n) is 10.4. The van der Waals surface area contributed by atoms with Gasteiger partial charge in [-0.2, -0.15) is 5.01 Å². The van der Waals surface area contributed by atoms with E-state index in [0.717, 1.165) is 34.2 Å². The topological polar surface area (TPSA) is 144 Å². The number of aromatic nitrogens is 1. The van der Waals surface area contributed by atoms with E-state index in [0.29, 0.717) is 23.8 Å². The predicted octanol–water partition coefficient (Wildman–Crippen LogP) is 2.23. The molecule has 0 radical (unpaired) electrons. The number of carbonyl (C=O) groups is 4. The number of rotatable bonds is 11. The maximum atomic E-state index is 14.1. The fourth-order valence-electron chi connectivity index (χ4n) is 5.60. The molecule has 0 unspecified atom stereocenters. The molecule has 0 spiro atoms. The molecule has 0 bridgehead atoms. The van der Waals surface area contributed by atoms with Gasteiger partial charge in [-0.3, -0.25) is 14.4 Å². The minimum absolute atomic E-state index is 0.0310. The molecule has 0 aliphatic carbocycles. The van der Waals surface area contributed by atoms with Crippen molar-refractivity contribution in [2.75, 3.05) is 37.2 Å². The van der Waals surface area contributed by atoms with E-state index in [-0.39, 0.29) is 50.4 Å². The van der Waals surface area contributed by atoms with Crippen LogP contribution in [0.15, 0.2) is 42.5 Å². The molecule has 13 heteroatoms. The molecule has 2 atom stereocenters. The van der Waals surface area contributed by atoms with Crippen LogP contribution in [0.4, 0.5) is 15.6 Å². The van der Waals surface area contributed by atoms with Crippen molar-refractivity contribution < 1.29 is 19.2 Å². The summed E-state index contributed by atoms with van der Waals surface area (Å²) in [6.45, 7) is 2.81. The lowest BCUT2D eigenvalue weighted by Gasteiger charge is -2.46. The van der Waals surface area contributed by atoms with Gasteiger partial charge >= 0.3 is 6.03 Å². The summed E-state index contributed by atoms with van der Waals surface area (Å²) in [6, 6.07) is 11.7. The van der Waals surface area contributed by atoms with Crippen molar-refractivity contribution in [2.45, 2.75) is 44.9 Å². The monoisotopic (exact) mass is 602 g/mol. The SMILES string of the molecule is C#CCN(C(=O)NCCCC)N1CC(=O)N2[C@@H](Cc3ccc(NC=O)cc3)C(=O)N(Cc3cccc4sc(N)nc34)C[C@@H]21. The molecule has 43 heavy (non-hydrogen) atoms. The maximum Gasteiger partial charge on any atom is 0.332 e. The zero-order valence-electron chi connectivity index (χ0n) is 23.9. The molecule has 5 amide bonds. The van der Waals surface area contributed by atoms with Crippen LogP contribution >= 0.6 is 11.3 Å². The van der Waals surface area contributed by atoms with Gasteiger partial charge in [-0.1, -0.05) is 54.9 Å². The minimum Gasteiger partial charge on any atom is -0.375 e. The number of fused-ring (bicyclic) bond motifs is 2. The minimum atomic E-state index is -0.823. The molecule has 2 aliphatic rings. The third-order valence-corrected chi connectivity index (χ3v) is 8.50. The van der Waals surface area contributed by atoms with Crippen molar-refractivity contribution in [3.05, 3.63) is 53.6 Å². The van der Waals surface area contributed by atoms with Crippen molar-refractivity contribution in [3.8, 4) is 12.3 Å². The number of terminal acetylenes is 1. The van der Waals surface area contributed by atoms with E-state index < -0.39 is 12.2 Å². The Morgan fingerprint density at radius 2 is 2.05 bits per heavy atom. The fraction of sp³-hybridized carbons (Fsp3) is 0.367. The lowest BCUT2D eigenvalue weighted by molar-refractivity contribution is -0.157. The molecule has 0 saturated carbocycles. The summed E-state index contributed by atoms with van der Waals surface area (Å²) in [5, 5.41) is 9.00. The van der Waals surface area contributed by atoms with E-state index in [9.17, 15) is 19.2 Å². The summed E-state index contributed by atoms with van der Waals surface area (Å²) >= 11 is 1.38.